The molecule has 0 radical (unpaired) electrons. The molecule has 0 saturated heterocycles. The minimum Gasteiger partial charge on any atom is -0.369 e. The van der Waals surface area contributed by atoms with Crippen LogP contribution in [0.15, 0.2) is 72.8 Å². The Morgan fingerprint density at radius 3 is 2.47 bits per heavy atom. The summed E-state index contributed by atoms with van der Waals surface area (Å²) in [6.07, 6.45) is 0.219. The molecule has 1 aromatic heterocycles. The molecule has 0 atom stereocenters. The Balaban J connectivity index is 1.51. The van der Waals surface area contributed by atoms with Crippen molar-refractivity contribution < 1.29 is 9.18 Å². The number of nitrogens with one attached hydrogen (secondary N) is 2. The second-order valence-electron chi connectivity index (χ2n) is 6.62. The van der Waals surface area contributed by atoms with Crippen molar-refractivity contribution in [2.45, 2.75) is 6.42 Å². The molecule has 150 valence electrons. The van der Waals surface area contributed by atoms with E-state index in [1.165, 1.54) is 24.3 Å². The van der Waals surface area contributed by atoms with E-state index in [0.717, 1.165) is 16.5 Å². The molecule has 2 N–H and O–H groups in total. The molecule has 0 aliphatic rings. The maximum absolute atomic E-state index is 13.0. The van der Waals surface area contributed by atoms with E-state index < -0.39 is 0 Å². The summed E-state index contributed by atoms with van der Waals surface area (Å²) in [4.78, 5) is 21.5. The number of fused-ring (bicyclic) bond motifs is 1. The van der Waals surface area contributed by atoms with E-state index in [-0.39, 0.29) is 18.1 Å². The monoisotopic (exact) mass is 420 g/mol. The van der Waals surface area contributed by atoms with Crippen LogP contribution < -0.4 is 10.6 Å². The molecular formula is C23H18ClFN4O. The van der Waals surface area contributed by atoms with E-state index in [1.54, 1.807) is 6.07 Å². The third-order valence-electron chi connectivity index (χ3n) is 4.49. The smallest absolute Gasteiger partial charge is 0.226 e. The number of nitrogens with zero attached hydrogens (tertiary/aromatic N) is 2. The van der Waals surface area contributed by atoms with Crippen LogP contribution in [-0.4, -0.2) is 22.4 Å². The summed E-state index contributed by atoms with van der Waals surface area (Å²) < 4.78 is 13.0. The quantitative estimate of drug-likeness (QED) is 0.430. The van der Waals surface area contributed by atoms with Crippen molar-refractivity contribution in [1.29, 1.82) is 0 Å². The van der Waals surface area contributed by atoms with Crippen LogP contribution in [0.1, 0.15) is 6.42 Å². The van der Waals surface area contributed by atoms with Crippen LogP contribution in [-0.2, 0) is 4.79 Å². The Morgan fingerprint density at radius 2 is 1.67 bits per heavy atom. The number of carbonyl (C=O) groups is 1. The number of para-hydroxylation sites is 1. The Bertz CT molecular complexity index is 1200. The van der Waals surface area contributed by atoms with Crippen LogP contribution in [0, 0.1) is 5.82 Å². The zero-order valence-electron chi connectivity index (χ0n) is 15.9. The van der Waals surface area contributed by atoms with Crippen molar-refractivity contribution in [3.8, 4) is 11.4 Å². The first-order valence-electron chi connectivity index (χ1n) is 9.41. The second-order valence-corrected chi connectivity index (χ2v) is 7.03. The minimum atomic E-state index is -0.348. The molecule has 4 rings (SSSR count). The predicted molar refractivity (Wildman–Crippen MR) is 118 cm³/mol. The molecule has 4 aromatic rings. The Morgan fingerprint density at radius 1 is 0.933 bits per heavy atom. The molecule has 3 aromatic carbocycles. The lowest BCUT2D eigenvalue weighted by atomic mass is 10.2. The number of rotatable bonds is 6. The van der Waals surface area contributed by atoms with Crippen molar-refractivity contribution in [3.05, 3.63) is 83.6 Å². The predicted octanol–water partition coefficient (Wildman–Crippen LogP) is 5.53. The molecule has 0 fully saturated rings. The number of amides is 1. The van der Waals surface area contributed by atoms with Gasteiger partial charge in [0.2, 0.25) is 5.91 Å². The highest BCUT2D eigenvalue weighted by atomic mass is 35.5. The number of carbonyl (C=O) groups excluding carboxylic acids is 1. The van der Waals surface area contributed by atoms with Gasteiger partial charge < -0.3 is 10.6 Å². The highest BCUT2D eigenvalue weighted by Crippen LogP contribution is 2.29. The molecule has 1 heterocycles. The summed E-state index contributed by atoms with van der Waals surface area (Å²) in [5, 5.41) is 7.39. The summed E-state index contributed by atoms with van der Waals surface area (Å²) in [6.45, 7) is 0.371. The van der Waals surface area contributed by atoms with Gasteiger partial charge in [0.25, 0.3) is 0 Å². The zero-order valence-corrected chi connectivity index (χ0v) is 16.7. The van der Waals surface area contributed by atoms with E-state index in [0.29, 0.717) is 28.9 Å². The van der Waals surface area contributed by atoms with Crippen LogP contribution in [0.25, 0.3) is 22.3 Å². The summed E-state index contributed by atoms with van der Waals surface area (Å²) in [7, 11) is 0. The number of aromatic nitrogens is 2. The summed E-state index contributed by atoms with van der Waals surface area (Å²) in [6, 6.07) is 20.7. The van der Waals surface area contributed by atoms with Gasteiger partial charge in [-0.2, -0.15) is 0 Å². The van der Waals surface area contributed by atoms with E-state index >= 15 is 0 Å². The van der Waals surface area contributed by atoms with E-state index in [2.05, 4.69) is 20.6 Å². The molecular weight excluding hydrogens is 403 g/mol. The molecule has 0 aliphatic carbocycles. The molecule has 0 spiro atoms. The lowest BCUT2D eigenvalue weighted by Crippen LogP contribution is -2.17. The SMILES string of the molecule is O=C(CCNc1nc(-c2ccccc2Cl)nc2ccccc12)Nc1ccc(F)cc1. The average molecular weight is 421 g/mol. The van der Waals surface area contributed by atoms with Gasteiger partial charge in [-0.05, 0) is 48.5 Å². The van der Waals surface area contributed by atoms with Gasteiger partial charge in [0.15, 0.2) is 5.82 Å². The van der Waals surface area contributed by atoms with Gasteiger partial charge in [-0.15, -0.1) is 0 Å². The molecule has 0 unspecified atom stereocenters. The van der Waals surface area contributed by atoms with Crippen molar-refractivity contribution in [2.75, 3.05) is 17.2 Å². The van der Waals surface area contributed by atoms with Crippen LogP contribution in [0.5, 0.6) is 0 Å². The van der Waals surface area contributed by atoms with Crippen LogP contribution >= 0.6 is 11.6 Å². The summed E-state index contributed by atoms with van der Waals surface area (Å²) >= 11 is 6.32. The minimum absolute atomic E-state index is 0.182. The lowest BCUT2D eigenvalue weighted by molar-refractivity contribution is -0.115. The second kappa shape index (κ2) is 8.88. The first kappa shape index (κ1) is 19.8. The molecule has 0 saturated carbocycles. The fourth-order valence-corrected chi connectivity index (χ4v) is 3.25. The lowest BCUT2D eigenvalue weighted by Gasteiger charge is -2.12. The Hall–Kier alpha value is -3.51. The molecule has 0 aliphatic heterocycles. The van der Waals surface area contributed by atoms with Gasteiger partial charge in [-0.3, -0.25) is 4.79 Å². The molecule has 5 nitrogen and oxygen atoms in total. The number of halogens is 2. The van der Waals surface area contributed by atoms with Crippen molar-refractivity contribution >= 4 is 39.9 Å². The van der Waals surface area contributed by atoms with Crippen LogP contribution in [0.3, 0.4) is 0 Å². The highest BCUT2D eigenvalue weighted by molar-refractivity contribution is 6.33. The van der Waals surface area contributed by atoms with Gasteiger partial charge in [-0.25, -0.2) is 14.4 Å². The average Bonchev–Trinajstić information content (AvgIpc) is 2.75. The van der Waals surface area contributed by atoms with Gasteiger partial charge in [-0.1, -0.05) is 35.9 Å². The topological polar surface area (TPSA) is 66.9 Å². The fourth-order valence-electron chi connectivity index (χ4n) is 3.03. The standard InChI is InChI=1S/C23H18ClFN4O/c24-19-7-3-1-5-17(19)23-28-20-8-4-2-6-18(20)22(29-23)26-14-13-21(30)27-16-11-9-15(25)10-12-16/h1-12H,13-14H2,(H,27,30)(H,26,28,29). The molecule has 0 bridgehead atoms. The summed E-state index contributed by atoms with van der Waals surface area (Å²) in [5.74, 6) is 0.612. The van der Waals surface area contributed by atoms with Crippen molar-refractivity contribution in [3.63, 3.8) is 0 Å². The van der Waals surface area contributed by atoms with Gasteiger partial charge in [0.05, 0.1) is 10.5 Å². The number of benzene rings is 3. The van der Waals surface area contributed by atoms with Gasteiger partial charge in [0, 0.05) is 29.6 Å². The van der Waals surface area contributed by atoms with Crippen molar-refractivity contribution in [2.24, 2.45) is 0 Å². The molecule has 1 amide bonds. The van der Waals surface area contributed by atoms with Crippen molar-refractivity contribution in [1.82, 2.24) is 9.97 Å². The third kappa shape index (κ3) is 4.55. The number of hydrogen-bond donors (Lipinski definition) is 2. The largest absolute Gasteiger partial charge is 0.369 e. The highest BCUT2D eigenvalue weighted by Gasteiger charge is 2.12. The van der Waals surface area contributed by atoms with Gasteiger partial charge >= 0.3 is 0 Å². The summed E-state index contributed by atoms with van der Waals surface area (Å²) in [5.41, 5.74) is 2.07. The van der Waals surface area contributed by atoms with E-state index in [1.807, 2.05) is 42.5 Å². The zero-order chi connectivity index (χ0) is 20.9. The maximum Gasteiger partial charge on any atom is 0.226 e. The first-order chi connectivity index (χ1) is 14.6. The normalized spacial score (nSPS) is 10.7. The molecule has 30 heavy (non-hydrogen) atoms. The number of hydrogen-bond acceptors (Lipinski definition) is 4. The number of anilines is 2. The van der Waals surface area contributed by atoms with E-state index in [4.69, 9.17) is 11.6 Å². The Kier molecular flexibility index (Phi) is 5.86. The maximum atomic E-state index is 13.0. The Labute approximate surface area is 177 Å². The third-order valence-corrected chi connectivity index (χ3v) is 4.82. The fraction of sp³-hybridized carbons (Fsp3) is 0.0870. The van der Waals surface area contributed by atoms with E-state index in [9.17, 15) is 9.18 Å². The van der Waals surface area contributed by atoms with Crippen LogP contribution in [0.4, 0.5) is 15.9 Å². The van der Waals surface area contributed by atoms with Crippen LogP contribution in [0.2, 0.25) is 5.02 Å². The first-order valence-corrected chi connectivity index (χ1v) is 9.79. The molecule has 7 heteroatoms. The van der Waals surface area contributed by atoms with Gasteiger partial charge in [0.1, 0.15) is 11.6 Å².